The van der Waals surface area contributed by atoms with Crippen molar-refractivity contribution in [2.45, 2.75) is 73.1 Å². The van der Waals surface area contributed by atoms with Gasteiger partial charge in [0, 0.05) is 0 Å². The van der Waals surface area contributed by atoms with Crippen LogP contribution in [0.5, 0.6) is 0 Å². The van der Waals surface area contributed by atoms with Gasteiger partial charge in [-0.05, 0) is 31.1 Å². The molecule has 84 valence electrons. The van der Waals surface area contributed by atoms with Crippen LogP contribution < -0.4 is 0 Å². The Morgan fingerprint density at radius 2 is 1.36 bits per heavy atom. The highest BCUT2D eigenvalue weighted by atomic mass is 14.1. The predicted molar refractivity (Wildman–Crippen MR) is 66.6 cm³/mol. The number of hydrogen-bond donors (Lipinski definition) is 0. The Morgan fingerprint density at radius 1 is 0.929 bits per heavy atom. The fraction of sp³-hybridized carbons (Fsp3) is 0.857. The second kappa shape index (κ2) is 7.09. The van der Waals surface area contributed by atoms with Crippen molar-refractivity contribution in [1.29, 1.82) is 0 Å². The molecule has 0 unspecified atom stereocenters. The number of allylic oxidation sites excluding steroid dienone is 2. The van der Waals surface area contributed by atoms with Gasteiger partial charge in [-0.1, -0.05) is 59.1 Å². The van der Waals surface area contributed by atoms with Crippen LogP contribution in [0.2, 0.25) is 0 Å². The third kappa shape index (κ3) is 8.34. The predicted octanol–water partition coefficient (Wildman–Crippen LogP) is 5.34. The summed E-state index contributed by atoms with van der Waals surface area (Å²) in [4.78, 5) is 0. The topological polar surface area (TPSA) is 0 Å². The van der Waals surface area contributed by atoms with Crippen molar-refractivity contribution in [2.75, 3.05) is 0 Å². The first kappa shape index (κ1) is 13.7. The zero-order valence-electron chi connectivity index (χ0n) is 10.8. The Hall–Kier alpha value is -0.260. The van der Waals surface area contributed by atoms with E-state index >= 15 is 0 Å². The highest BCUT2D eigenvalue weighted by Crippen LogP contribution is 2.23. The van der Waals surface area contributed by atoms with Gasteiger partial charge in [-0.25, -0.2) is 0 Å². The van der Waals surface area contributed by atoms with Crippen LogP contribution in [0.4, 0.5) is 0 Å². The van der Waals surface area contributed by atoms with Crippen molar-refractivity contribution < 1.29 is 0 Å². The molecule has 0 aromatic heterocycles. The molecular formula is C14H28. The first-order valence-electron chi connectivity index (χ1n) is 6.20. The van der Waals surface area contributed by atoms with Gasteiger partial charge in [0.15, 0.2) is 0 Å². The molecule has 0 spiro atoms. The molecular weight excluding hydrogens is 168 g/mol. The highest BCUT2D eigenvalue weighted by Gasteiger charge is 2.07. The smallest absolute Gasteiger partial charge is 0.0200 e. The van der Waals surface area contributed by atoms with Crippen molar-refractivity contribution in [3.05, 3.63) is 11.6 Å². The van der Waals surface area contributed by atoms with E-state index in [0.29, 0.717) is 5.41 Å². The van der Waals surface area contributed by atoms with Gasteiger partial charge in [0.05, 0.1) is 0 Å². The number of rotatable bonds is 6. The average molecular weight is 196 g/mol. The summed E-state index contributed by atoms with van der Waals surface area (Å²) in [6.07, 6.45) is 10.4. The summed E-state index contributed by atoms with van der Waals surface area (Å²) in [7, 11) is 0. The molecule has 0 saturated heterocycles. The maximum Gasteiger partial charge on any atom is -0.0200 e. The average Bonchev–Trinajstić information content (AvgIpc) is 2.07. The van der Waals surface area contributed by atoms with Crippen LogP contribution >= 0.6 is 0 Å². The van der Waals surface area contributed by atoms with Gasteiger partial charge >= 0.3 is 0 Å². The van der Waals surface area contributed by atoms with E-state index in [1.54, 1.807) is 5.57 Å². The monoisotopic (exact) mass is 196 g/mol. The number of hydrogen-bond acceptors (Lipinski definition) is 0. The molecule has 0 saturated carbocycles. The zero-order chi connectivity index (χ0) is 11.0. The number of unbranched alkanes of at least 4 members (excludes halogenated alkanes) is 2. The first-order valence-corrected chi connectivity index (χ1v) is 6.20. The second-order valence-electron chi connectivity index (χ2n) is 5.38. The molecule has 0 nitrogen and oxygen atoms in total. The molecule has 14 heavy (non-hydrogen) atoms. The van der Waals surface area contributed by atoms with E-state index in [4.69, 9.17) is 0 Å². The summed E-state index contributed by atoms with van der Waals surface area (Å²) in [5, 5.41) is 0. The van der Waals surface area contributed by atoms with Crippen molar-refractivity contribution in [3.8, 4) is 0 Å². The molecule has 0 heterocycles. The summed E-state index contributed by atoms with van der Waals surface area (Å²) in [5.74, 6) is 0. The minimum atomic E-state index is 0.358. The van der Waals surface area contributed by atoms with Crippen LogP contribution in [0.1, 0.15) is 73.1 Å². The van der Waals surface area contributed by atoms with Crippen LogP contribution in [0.25, 0.3) is 0 Å². The Labute approximate surface area is 90.8 Å². The molecule has 0 radical (unpaired) electrons. The Morgan fingerprint density at radius 3 is 1.64 bits per heavy atom. The summed E-state index contributed by atoms with van der Waals surface area (Å²) in [6.45, 7) is 11.4. The fourth-order valence-electron chi connectivity index (χ4n) is 1.69. The normalized spacial score (nSPS) is 11.5. The lowest BCUT2D eigenvalue weighted by molar-refractivity contribution is 0.531. The summed E-state index contributed by atoms with van der Waals surface area (Å²) in [6, 6.07) is 0. The van der Waals surface area contributed by atoms with E-state index in [-0.39, 0.29) is 0 Å². The molecule has 0 atom stereocenters. The molecule has 0 amide bonds. The van der Waals surface area contributed by atoms with Crippen molar-refractivity contribution >= 4 is 0 Å². The third-order valence-corrected chi connectivity index (χ3v) is 2.34. The molecule has 0 N–H and O–H groups in total. The molecule has 0 aromatic carbocycles. The van der Waals surface area contributed by atoms with Crippen LogP contribution in [0, 0.1) is 5.41 Å². The fourth-order valence-corrected chi connectivity index (χ4v) is 1.69. The van der Waals surface area contributed by atoms with Crippen molar-refractivity contribution in [2.24, 2.45) is 5.41 Å². The first-order chi connectivity index (χ1) is 6.49. The lowest BCUT2D eigenvalue weighted by Crippen LogP contribution is -2.02. The van der Waals surface area contributed by atoms with Gasteiger partial charge in [0.1, 0.15) is 0 Å². The summed E-state index contributed by atoms with van der Waals surface area (Å²) < 4.78 is 0. The van der Waals surface area contributed by atoms with Gasteiger partial charge in [-0.15, -0.1) is 0 Å². The molecule has 0 fully saturated rings. The van der Waals surface area contributed by atoms with Crippen LogP contribution in [-0.4, -0.2) is 0 Å². The third-order valence-electron chi connectivity index (χ3n) is 2.34. The molecule has 0 aliphatic rings. The standard InChI is InChI=1S/C14H28/c1-6-8-10-13(11-9-7-2)12-14(3,4)5/h12H,6-11H2,1-5H3. The van der Waals surface area contributed by atoms with E-state index in [1.165, 1.54) is 38.5 Å². The molecule has 0 aliphatic heterocycles. The van der Waals surface area contributed by atoms with E-state index in [0.717, 1.165) is 0 Å². The Bertz CT molecular complexity index is 147. The maximum atomic E-state index is 2.48. The van der Waals surface area contributed by atoms with Gasteiger partial charge in [0.2, 0.25) is 0 Å². The van der Waals surface area contributed by atoms with Gasteiger partial charge in [-0.2, -0.15) is 0 Å². The molecule has 0 heteroatoms. The van der Waals surface area contributed by atoms with Gasteiger partial charge in [-0.3, -0.25) is 0 Å². The highest BCUT2D eigenvalue weighted by molar-refractivity contribution is 5.06. The lowest BCUT2D eigenvalue weighted by atomic mass is 9.90. The molecule has 0 rings (SSSR count). The lowest BCUT2D eigenvalue weighted by Gasteiger charge is -2.16. The largest absolute Gasteiger partial charge is 0.0799 e. The Kier molecular flexibility index (Phi) is 6.96. The second-order valence-corrected chi connectivity index (χ2v) is 5.38. The van der Waals surface area contributed by atoms with Crippen LogP contribution in [0.3, 0.4) is 0 Å². The molecule has 0 bridgehead atoms. The summed E-state index contributed by atoms with van der Waals surface area (Å²) in [5.41, 5.74) is 2.04. The van der Waals surface area contributed by atoms with Gasteiger partial charge < -0.3 is 0 Å². The van der Waals surface area contributed by atoms with Crippen LogP contribution in [-0.2, 0) is 0 Å². The van der Waals surface area contributed by atoms with Crippen molar-refractivity contribution in [3.63, 3.8) is 0 Å². The summed E-state index contributed by atoms with van der Waals surface area (Å²) >= 11 is 0. The SMILES string of the molecule is CCCCC(=CC(C)(C)C)CCCC. The Balaban J connectivity index is 4.15. The van der Waals surface area contributed by atoms with E-state index in [9.17, 15) is 0 Å². The quantitative estimate of drug-likeness (QED) is 0.503. The van der Waals surface area contributed by atoms with E-state index in [1.807, 2.05) is 0 Å². The van der Waals surface area contributed by atoms with E-state index < -0.39 is 0 Å². The molecule has 0 aromatic rings. The van der Waals surface area contributed by atoms with Crippen molar-refractivity contribution in [1.82, 2.24) is 0 Å². The maximum absolute atomic E-state index is 2.48. The van der Waals surface area contributed by atoms with E-state index in [2.05, 4.69) is 40.7 Å². The zero-order valence-corrected chi connectivity index (χ0v) is 10.8. The van der Waals surface area contributed by atoms with Crippen LogP contribution in [0.15, 0.2) is 11.6 Å². The minimum Gasteiger partial charge on any atom is -0.0799 e. The minimum absolute atomic E-state index is 0.358. The van der Waals surface area contributed by atoms with Gasteiger partial charge in [0.25, 0.3) is 0 Å². The molecule has 0 aliphatic carbocycles.